The fraction of sp³-hybridized carbons (Fsp3) is 0.538. The van der Waals surface area contributed by atoms with E-state index < -0.39 is 28.0 Å². The molecule has 1 heterocycles. The van der Waals surface area contributed by atoms with Crippen LogP contribution in [-0.2, 0) is 15.4 Å². The molecule has 0 N–H and O–H groups in total. The number of fused-ring (bicyclic) bond motifs is 1. The van der Waals surface area contributed by atoms with Crippen LogP contribution in [0.15, 0.2) is 16.6 Å². The van der Waals surface area contributed by atoms with Crippen LogP contribution in [0.25, 0.3) is 0 Å². The molecule has 1 aliphatic rings. The topological polar surface area (TPSA) is 37.4 Å². The van der Waals surface area contributed by atoms with Gasteiger partial charge in [0.25, 0.3) is 0 Å². The summed E-state index contributed by atoms with van der Waals surface area (Å²) in [6, 6.07) is 3.21. The Morgan fingerprint density at radius 1 is 1.38 bits per heavy atom. The summed E-state index contributed by atoms with van der Waals surface area (Å²) in [6.07, 6.45) is -4.42. The minimum absolute atomic E-state index is 0.198. The van der Waals surface area contributed by atoms with Gasteiger partial charge in [0.1, 0.15) is 0 Å². The van der Waals surface area contributed by atoms with Gasteiger partial charge in [0.05, 0.1) is 18.4 Å². The lowest BCUT2D eigenvalue weighted by atomic mass is 9.81. The fourth-order valence-electron chi connectivity index (χ4n) is 2.73. The van der Waals surface area contributed by atoms with Crippen LogP contribution in [0.1, 0.15) is 24.5 Å². The molecule has 1 unspecified atom stereocenters. The van der Waals surface area contributed by atoms with E-state index in [4.69, 9.17) is 0 Å². The van der Waals surface area contributed by atoms with E-state index in [-0.39, 0.29) is 6.54 Å². The molecule has 0 aliphatic carbocycles. The van der Waals surface area contributed by atoms with Crippen molar-refractivity contribution in [2.24, 2.45) is 0 Å². The molecule has 21 heavy (non-hydrogen) atoms. The van der Waals surface area contributed by atoms with E-state index in [1.165, 1.54) is 6.92 Å². The fourth-order valence-corrected chi connectivity index (χ4v) is 4.10. The molecular formula is C13H15BrF3NO2S. The number of aryl methyl sites for hydroxylation is 1. The second-order valence-corrected chi connectivity index (χ2v) is 8.50. The van der Waals surface area contributed by atoms with Gasteiger partial charge in [-0.25, -0.2) is 8.42 Å². The molecule has 0 bridgehead atoms. The maximum Gasteiger partial charge on any atom is 0.390 e. The third-order valence-electron chi connectivity index (χ3n) is 3.68. The molecule has 1 aliphatic heterocycles. The Balaban J connectivity index is 2.64. The number of sulfonamides is 1. The number of nitrogens with zero attached hydrogens (tertiary/aromatic N) is 1. The monoisotopic (exact) mass is 385 g/mol. The number of alkyl halides is 3. The van der Waals surface area contributed by atoms with Crippen LogP contribution in [0, 0.1) is 6.92 Å². The number of benzene rings is 1. The largest absolute Gasteiger partial charge is 0.390 e. The lowest BCUT2D eigenvalue weighted by molar-refractivity contribution is -0.145. The number of anilines is 1. The van der Waals surface area contributed by atoms with E-state index in [9.17, 15) is 21.6 Å². The molecule has 0 radical (unpaired) electrons. The molecule has 0 aromatic heterocycles. The molecule has 0 saturated carbocycles. The van der Waals surface area contributed by atoms with E-state index in [1.54, 1.807) is 19.1 Å². The van der Waals surface area contributed by atoms with E-state index in [0.717, 1.165) is 16.1 Å². The number of halogens is 4. The second kappa shape index (κ2) is 4.87. The summed E-state index contributed by atoms with van der Waals surface area (Å²) in [4.78, 5) is 0. The Morgan fingerprint density at radius 2 is 1.95 bits per heavy atom. The minimum atomic E-state index is -4.36. The predicted molar refractivity (Wildman–Crippen MR) is 79.1 cm³/mol. The summed E-state index contributed by atoms with van der Waals surface area (Å²) < 4.78 is 64.1. The van der Waals surface area contributed by atoms with Crippen LogP contribution in [0.2, 0.25) is 0 Å². The Bertz CT molecular complexity index is 687. The van der Waals surface area contributed by atoms with Crippen molar-refractivity contribution in [3.05, 3.63) is 27.7 Å². The van der Waals surface area contributed by atoms with Gasteiger partial charge in [-0.15, -0.1) is 0 Å². The summed E-state index contributed by atoms with van der Waals surface area (Å²) in [7, 11) is -3.62. The summed E-state index contributed by atoms with van der Waals surface area (Å²) >= 11 is 3.30. The Hall–Kier alpha value is -0.760. The quantitative estimate of drug-likeness (QED) is 0.777. The van der Waals surface area contributed by atoms with Crippen molar-refractivity contribution in [2.45, 2.75) is 31.9 Å². The second-order valence-electron chi connectivity index (χ2n) is 5.74. The Morgan fingerprint density at radius 3 is 2.43 bits per heavy atom. The molecule has 3 nitrogen and oxygen atoms in total. The summed E-state index contributed by atoms with van der Waals surface area (Å²) in [5, 5.41) is 0. The summed E-state index contributed by atoms with van der Waals surface area (Å²) in [5.41, 5.74) is 0.235. The third kappa shape index (κ3) is 3.21. The normalized spacial score (nSPS) is 22.5. The molecule has 0 spiro atoms. The lowest BCUT2D eigenvalue weighted by Gasteiger charge is -2.26. The van der Waals surface area contributed by atoms with Crippen LogP contribution >= 0.6 is 15.9 Å². The molecule has 0 saturated heterocycles. The average molecular weight is 386 g/mol. The van der Waals surface area contributed by atoms with Gasteiger partial charge in [-0.3, -0.25) is 4.31 Å². The van der Waals surface area contributed by atoms with Gasteiger partial charge in [0, 0.05) is 16.4 Å². The molecule has 118 valence electrons. The van der Waals surface area contributed by atoms with Gasteiger partial charge in [0.15, 0.2) is 0 Å². The lowest BCUT2D eigenvalue weighted by Crippen LogP contribution is -2.37. The van der Waals surface area contributed by atoms with Gasteiger partial charge in [0.2, 0.25) is 10.0 Å². The molecular weight excluding hydrogens is 371 g/mol. The molecule has 1 aromatic rings. The molecule has 8 heteroatoms. The van der Waals surface area contributed by atoms with Gasteiger partial charge in [-0.1, -0.05) is 22.9 Å². The molecule has 2 rings (SSSR count). The zero-order valence-corrected chi connectivity index (χ0v) is 14.2. The highest BCUT2D eigenvalue weighted by Crippen LogP contribution is 2.48. The number of hydrogen-bond acceptors (Lipinski definition) is 2. The Labute approximate surface area is 130 Å². The maximum atomic E-state index is 12.9. The average Bonchev–Trinajstić information content (AvgIpc) is 2.50. The Kier molecular flexibility index (Phi) is 3.85. The smallest absolute Gasteiger partial charge is 0.269 e. The zero-order chi connectivity index (χ0) is 16.2. The van der Waals surface area contributed by atoms with Crippen molar-refractivity contribution in [2.75, 3.05) is 17.1 Å². The molecule has 1 aromatic carbocycles. The van der Waals surface area contributed by atoms with Crippen LogP contribution in [0.3, 0.4) is 0 Å². The highest BCUT2D eigenvalue weighted by molar-refractivity contribution is 9.10. The number of rotatable bonds is 2. The summed E-state index contributed by atoms with van der Waals surface area (Å²) in [5.74, 6) is 0. The van der Waals surface area contributed by atoms with Crippen molar-refractivity contribution in [3.63, 3.8) is 0 Å². The van der Waals surface area contributed by atoms with Crippen molar-refractivity contribution in [3.8, 4) is 0 Å². The highest BCUT2D eigenvalue weighted by atomic mass is 79.9. The maximum absolute atomic E-state index is 12.9. The van der Waals surface area contributed by atoms with Gasteiger partial charge in [-0.05, 0) is 30.2 Å². The van der Waals surface area contributed by atoms with Crippen molar-refractivity contribution < 1.29 is 21.6 Å². The van der Waals surface area contributed by atoms with Crippen molar-refractivity contribution >= 4 is 31.6 Å². The SMILES string of the molecule is Cc1cc2c(cc1Br)C(C)(CC(F)(F)F)CN2S(C)(=O)=O. The third-order valence-corrected chi connectivity index (χ3v) is 5.66. The van der Waals surface area contributed by atoms with E-state index >= 15 is 0 Å². The summed E-state index contributed by atoms with van der Waals surface area (Å²) in [6.45, 7) is 3.02. The number of hydrogen-bond donors (Lipinski definition) is 0. The standard InChI is InChI=1S/C13H15BrF3NO2S/c1-8-4-11-9(5-10(8)14)12(2,6-13(15,16)17)7-18(11)21(3,19)20/h4-5H,6-7H2,1-3H3. The van der Waals surface area contributed by atoms with Gasteiger partial charge in [-0.2, -0.15) is 13.2 Å². The molecule has 0 amide bonds. The first-order valence-corrected chi connectivity index (χ1v) is 8.83. The van der Waals surface area contributed by atoms with Crippen LogP contribution in [0.5, 0.6) is 0 Å². The van der Waals surface area contributed by atoms with Gasteiger partial charge < -0.3 is 0 Å². The first kappa shape index (κ1) is 16.6. The van der Waals surface area contributed by atoms with Crippen LogP contribution in [0.4, 0.5) is 18.9 Å². The first-order valence-electron chi connectivity index (χ1n) is 6.19. The predicted octanol–water partition coefficient (Wildman–Crippen LogP) is 3.75. The zero-order valence-electron chi connectivity index (χ0n) is 11.8. The molecule has 1 atom stereocenters. The van der Waals surface area contributed by atoms with Crippen LogP contribution in [-0.4, -0.2) is 27.4 Å². The minimum Gasteiger partial charge on any atom is -0.269 e. The first-order chi connectivity index (χ1) is 9.33. The van der Waals surface area contributed by atoms with Crippen LogP contribution < -0.4 is 4.31 Å². The van der Waals surface area contributed by atoms with Gasteiger partial charge >= 0.3 is 6.18 Å². The van der Waals surface area contributed by atoms with Crippen molar-refractivity contribution in [1.29, 1.82) is 0 Å². The van der Waals surface area contributed by atoms with E-state index in [2.05, 4.69) is 15.9 Å². The highest BCUT2D eigenvalue weighted by Gasteiger charge is 2.48. The van der Waals surface area contributed by atoms with E-state index in [1.807, 2.05) is 0 Å². The van der Waals surface area contributed by atoms with E-state index in [0.29, 0.717) is 15.7 Å². The van der Waals surface area contributed by atoms with Crippen molar-refractivity contribution in [1.82, 2.24) is 0 Å². The molecule has 0 fully saturated rings.